The Morgan fingerprint density at radius 2 is 1.61 bits per heavy atom. The Morgan fingerprint density at radius 1 is 0.909 bits per heavy atom. The molecule has 0 radical (unpaired) electrons. The van der Waals surface area contributed by atoms with Gasteiger partial charge in [0.15, 0.2) is 0 Å². The Labute approximate surface area is 201 Å². The number of rotatable bonds is 2. The molecule has 0 aliphatic carbocycles. The summed E-state index contributed by atoms with van der Waals surface area (Å²) in [6, 6.07) is 21.6. The second-order valence-corrected chi connectivity index (χ2v) is 10.5. The molecule has 1 fully saturated rings. The Morgan fingerprint density at radius 3 is 2.33 bits per heavy atom. The molecule has 0 unspecified atom stereocenters. The van der Waals surface area contributed by atoms with Crippen LogP contribution in [0, 0.1) is 5.92 Å². The van der Waals surface area contributed by atoms with Gasteiger partial charge in [-0.05, 0) is 30.5 Å². The highest BCUT2D eigenvalue weighted by Gasteiger charge is 2.35. The van der Waals surface area contributed by atoms with E-state index < -0.39 is 0 Å². The van der Waals surface area contributed by atoms with Crippen LogP contribution in [0.15, 0.2) is 71.5 Å². The predicted octanol–water partition coefficient (Wildman–Crippen LogP) is 4.73. The minimum Gasteiger partial charge on any atom is -0.356 e. The van der Waals surface area contributed by atoms with E-state index in [1.807, 2.05) is 51.6 Å². The Bertz CT molecular complexity index is 1420. The van der Waals surface area contributed by atoms with Crippen LogP contribution < -0.4 is 5.56 Å². The molecule has 0 spiro atoms. The van der Waals surface area contributed by atoms with Gasteiger partial charge in [-0.15, -0.1) is 0 Å². The fourth-order valence-corrected chi connectivity index (χ4v) is 6.55. The summed E-state index contributed by atoms with van der Waals surface area (Å²) >= 11 is 7.22. The first-order valence-electron chi connectivity index (χ1n) is 11.2. The van der Waals surface area contributed by atoms with Crippen LogP contribution in [0.5, 0.6) is 0 Å². The summed E-state index contributed by atoms with van der Waals surface area (Å²) in [5.74, 6) is 1.04. The predicted molar refractivity (Wildman–Crippen MR) is 138 cm³/mol. The molecule has 4 aromatic rings. The van der Waals surface area contributed by atoms with Crippen LogP contribution in [0.3, 0.4) is 0 Å². The number of likely N-dealkylation sites (tertiary alicyclic amines) is 1. The lowest BCUT2D eigenvalue weighted by atomic mass is 9.83. The van der Waals surface area contributed by atoms with Gasteiger partial charge >= 0.3 is 0 Å². The maximum atomic E-state index is 13.3. The summed E-state index contributed by atoms with van der Waals surface area (Å²) in [5, 5.41) is 2.18. The molecular formula is C26H23N3O2S2. The molecule has 0 saturated carbocycles. The van der Waals surface area contributed by atoms with E-state index in [2.05, 4.69) is 23.1 Å². The van der Waals surface area contributed by atoms with Crippen LogP contribution >= 0.6 is 24.0 Å². The van der Waals surface area contributed by atoms with Crippen molar-refractivity contribution in [3.05, 3.63) is 82.8 Å². The highest BCUT2D eigenvalue weighted by molar-refractivity contribution is 8.23. The van der Waals surface area contributed by atoms with Gasteiger partial charge in [0.25, 0.3) is 5.56 Å². The van der Waals surface area contributed by atoms with E-state index in [0.717, 1.165) is 57.9 Å². The first kappa shape index (κ1) is 20.7. The van der Waals surface area contributed by atoms with Crippen molar-refractivity contribution in [1.29, 1.82) is 0 Å². The molecule has 6 rings (SSSR count). The van der Waals surface area contributed by atoms with Gasteiger partial charge < -0.3 is 9.47 Å². The smallest absolute Gasteiger partial charge is 0.250 e. The summed E-state index contributed by atoms with van der Waals surface area (Å²) in [4.78, 5) is 27.8. The minimum atomic E-state index is 0.0360. The van der Waals surface area contributed by atoms with E-state index in [1.54, 1.807) is 6.07 Å². The summed E-state index contributed by atoms with van der Waals surface area (Å²) in [6.07, 6.45) is 1.09. The zero-order valence-corrected chi connectivity index (χ0v) is 19.6. The Kier molecular flexibility index (Phi) is 5.11. The fourth-order valence-electron chi connectivity index (χ4n) is 5.52. The Hall–Kier alpha value is -2.90. The van der Waals surface area contributed by atoms with Crippen molar-refractivity contribution in [1.82, 2.24) is 14.0 Å². The topological polar surface area (TPSA) is 47.2 Å². The largest absolute Gasteiger partial charge is 0.356 e. The zero-order valence-electron chi connectivity index (χ0n) is 18.0. The third-order valence-corrected chi connectivity index (χ3v) is 8.39. The molecule has 2 aromatic heterocycles. The van der Waals surface area contributed by atoms with Crippen molar-refractivity contribution in [3.8, 4) is 0 Å². The van der Waals surface area contributed by atoms with Gasteiger partial charge in [-0.2, -0.15) is 0 Å². The molecule has 1 saturated heterocycles. The summed E-state index contributed by atoms with van der Waals surface area (Å²) < 4.78 is 4.53. The number of hydrogen-bond acceptors (Lipinski definition) is 4. The van der Waals surface area contributed by atoms with E-state index in [0.29, 0.717) is 17.6 Å². The number of hydrogen-bond donors (Lipinski definition) is 0. The van der Waals surface area contributed by atoms with E-state index >= 15 is 0 Å². The maximum Gasteiger partial charge on any atom is 0.250 e. The molecule has 5 nitrogen and oxygen atoms in total. The Balaban J connectivity index is 1.21. The normalized spacial score (nSPS) is 19.6. The number of carbonyl (C=O) groups excluding carboxylic acids is 1. The molecular weight excluding hydrogens is 450 g/mol. The van der Waals surface area contributed by atoms with Crippen LogP contribution in [0.2, 0.25) is 0 Å². The number of pyridine rings is 1. The van der Waals surface area contributed by atoms with Gasteiger partial charge in [0, 0.05) is 48.1 Å². The van der Waals surface area contributed by atoms with Gasteiger partial charge in [0.1, 0.15) is 4.32 Å². The van der Waals surface area contributed by atoms with Gasteiger partial charge in [-0.1, -0.05) is 66.4 Å². The lowest BCUT2D eigenvalue weighted by Crippen LogP contribution is -2.48. The number of carbonyl (C=O) groups is 1. The van der Waals surface area contributed by atoms with E-state index in [1.165, 1.54) is 11.8 Å². The number of fused-ring (bicyclic) bond motifs is 7. The number of thioether (sulfide) groups is 1. The molecule has 2 atom stereocenters. The van der Waals surface area contributed by atoms with Crippen LogP contribution in [0.1, 0.15) is 22.8 Å². The minimum absolute atomic E-state index is 0.0360. The monoisotopic (exact) mass is 473 g/mol. The average molecular weight is 474 g/mol. The van der Waals surface area contributed by atoms with Crippen LogP contribution in [-0.4, -0.2) is 43.1 Å². The number of thiocarbonyl (C=S) groups is 1. The number of para-hydroxylation sites is 2. The SMILES string of the molecule is O=C(CSC(=S)N1C[C@H]2C[C@@H](C1)c1cccc(=O)n1C2)n1c2ccccc2c2ccccc21. The van der Waals surface area contributed by atoms with Crippen molar-refractivity contribution < 1.29 is 4.79 Å². The second-order valence-electron chi connectivity index (χ2n) is 8.92. The van der Waals surface area contributed by atoms with Crippen molar-refractivity contribution >= 4 is 56.0 Å². The van der Waals surface area contributed by atoms with Crippen LogP contribution in [0.25, 0.3) is 21.8 Å². The van der Waals surface area contributed by atoms with Gasteiger partial charge in [0.2, 0.25) is 5.91 Å². The van der Waals surface area contributed by atoms with E-state index in [-0.39, 0.29) is 11.5 Å². The van der Waals surface area contributed by atoms with Gasteiger partial charge in [-0.25, -0.2) is 0 Å². The molecule has 2 aliphatic rings. The second kappa shape index (κ2) is 8.15. The van der Waals surface area contributed by atoms with Gasteiger partial charge in [0.05, 0.1) is 16.8 Å². The van der Waals surface area contributed by atoms with Gasteiger partial charge in [-0.3, -0.25) is 14.2 Å². The molecule has 0 amide bonds. The standard InChI is InChI=1S/C26H23N3O2S2/c30-24-11-5-10-21-18-12-17(14-28(21)24)13-27(15-18)26(32)33-16-25(31)29-22-8-3-1-6-19(22)20-7-2-4-9-23(20)29/h1-11,17-18H,12-16H2/t17-,18+/m1/s1. The van der Waals surface area contributed by atoms with Crippen LogP contribution in [-0.2, 0) is 6.54 Å². The third-order valence-electron chi connectivity index (χ3n) is 6.89. The third kappa shape index (κ3) is 3.50. The average Bonchev–Trinajstić information content (AvgIpc) is 3.17. The number of nitrogens with zero attached hydrogens (tertiary/aromatic N) is 3. The fraction of sp³-hybridized carbons (Fsp3) is 0.269. The molecule has 33 heavy (non-hydrogen) atoms. The zero-order chi connectivity index (χ0) is 22.5. The molecule has 4 heterocycles. The maximum absolute atomic E-state index is 13.3. The van der Waals surface area contributed by atoms with Crippen molar-refractivity contribution in [2.45, 2.75) is 18.9 Å². The lowest BCUT2D eigenvalue weighted by molar-refractivity contribution is 0.0951. The quantitative estimate of drug-likeness (QED) is 0.394. The summed E-state index contributed by atoms with van der Waals surface area (Å²) in [5.41, 5.74) is 3.07. The number of aromatic nitrogens is 2. The molecule has 0 N–H and O–H groups in total. The van der Waals surface area contributed by atoms with Crippen molar-refractivity contribution in [3.63, 3.8) is 0 Å². The molecule has 166 valence electrons. The first-order valence-corrected chi connectivity index (χ1v) is 12.6. The van der Waals surface area contributed by atoms with Crippen molar-refractivity contribution in [2.75, 3.05) is 18.8 Å². The highest BCUT2D eigenvalue weighted by atomic mass is 32.2. The molecule has 2 bridgehead atoms. The first-order chi connectivity index (χ1) is 16.1. The van der Waals surface area contributed by atoms with Crippen LogP contribution in [0.4, 0.5) is 0 Å². The summed E-state index contributed by atoms with van der Waals surface area (Å²) in [7, 11) is 0. The molecule has 2 aliphatic heterocycles. The molecule has 7 heteroatoms. The molecule has 2 aromatic carbocycles. The summed E-state index contributed by atoms with van der Waals surface area (Å²) in [6.45, 7) is 2.39. The highest BCUT2D eigenvalue weighted by Crippen LogP contribution is 2.36. The number of piperidine rings is 1. The van der Waals surface area contributed by atoms with E-state index in [4.69, 9.17) is 12.2 Å². The van der Waals surface area contributed by atoms with Crippen molar-refractivity contribution in [2.24, 2.45) is 5.92 Å². The number of benzene rings is 2. The lowest BCUT2D eigenvalue weighted by Gasteiger charge is -2.43. The van der Waals surface area contributed by atoms with E-state index in [9.17, 15) is 9.59 Å².